The molecule has 0 atom stereocenters. The van der Waals surface area contributed by atoms with E-state index in [2.05, 4.69) is 4.98 Å². The Labute approximate surface area is 139 Å². The lowest BCUT2D eigenvalue weighted by molar-refractivity contribution is -0.118. The largest absolute Gasteiger partial charge is 0.497 e. The minimum absolute atomic E-state index is 0.0244. The molecule has 1 aromatic carbocycles. The molecule has 5 nitrogen and oxygen atoms in total. The number of ether oxygens (including phenoxy) is 2. The molecule has 0 saturated carbocycles. The minimum Gasteiger partial charge on any atom is -0.497 e. The summed E-state index contributed by atoms with van der Waals surface area (Å²) in [5, 5.41) is 0.411. The van der Waals surface area contributed by atoms with Crippen LogP contribution in [0.15, 0.2) is 30.5 Å². The van der Waals surface area contributed by atoms with E-state index in [4.69, 9.17) is 21.1 Å². The second-order valence-corrected chi connectivity index (χ2v) is 5.79. The molecular weight excluding hydrogens is 316 g/mol. The molecule has 2 heterocycles. The molecule has 0 spiro atoms. The summed E-state index contributed by atoms with van der Waals surface area (Å²) in [6.45, 7) is 0.928. The number of anilines is 1. The molecule has 0 aliphatic carbocycles. The van der Waals surface area contributed by atoms with Crippen molar-refractivity contribution in [3.05, 3.63) is 52.3 Å². The predicted molar refractivity (Wildman–Crippen MR) is 87.8 cm³/mol. The van der Waals surface area contributed by atoms with Crippen molar-refractivity contribution in [2.45, 2.75) is 19.6 Å². The quantitative estimate of drug-likeness (QED) is 0.808. The first-order chi connectivity index (χ1) is 11.1. The Balaban J connectivity index is 1.96. The number of hydrogen-bond donors (Lipinski definition) is 0. The van der Waals surface area contributed by atoms with E-state index in [9.17, 15) is 4.79 Å². The number of hydrogen-bond acceptors (Lipinski definition) is 4. The van der Waals surface area contributed by atoms with Crippen molar-refractivity contribution in [2.75, 3.05) is 19.1 Å². The van der Waals surface area contributed by atoms with Gasteiger partial charge < -0.3 is 14.4 Å². The summed E-state index contributed by atoms with van der Waals surface area (Å²) in [5.41, 5.74) is 3.69. The molecule has 1 aliphatic rings. The second-order valence-electron chi connectivity index (χ2n) is 5.40. The summed E-state index contributed by atoms with van der Waals surface area (Å²) >= 11 is 5.91. The number of methoxy groups -OCH3 is 2. The molecule has 0 unspecified atom stereocenters. The molecule has 1 aromatic heterocycles. The average molecular weight is 333 g/mol. The third-order valence-electron chi connectivity index (χ3n) is 3.83. The SMILES string of the molecule is COCc1cc(OC)cc(N2Cc3cnc(Cl)cc3CC2=O)c1. The fourth-order valence-electron chi connectivity index (χ4n) is 2.72. The topological polar surface area (TPSA) is 51.7 Å². The van der Waals surface area contributed by atoms with Gasteiger partial charge in [-0.2, -0.15) is 0 Å². The van der Waals surface area contributed by atoms with E-state index in [1.54, 1.807) is 31.4 Å². The Morgan fingerprint density at radius 3 is 2.78 bits per heavy atom. The lowest BCUT2D eigenvalue weighted by Gasteiger charge is -2.29. The zero-order valence-corrected chi connectivity index (χ0v) is 13.8. The van der Waals surface area contributed by atoms with E-state index in [-0.39, 0.29) is 5.91 Å². The van der Waals surface area contributed by atoms with Crippen molar-refractivity contribution >= 4 is 23.2 Å². The first-order valence-corrected chi connectivity index (χ1v) is 7.59. The smallest absolute Gasteiger partial charge is 0.231 e. The predicted octanol–water partition coefficient (Wildman–Crippen LogP) is 2.98. The standard InChI is InChI=1S/C17H17ClN2O3/c1-22-10-11-3-14(7-15(4-11)23-2)20-9-13-8-19-16(18)5-12(13)6-17(20)21/h3-5,7-8H,6,9-10H2,1-2H3. The highest BCUT2D eigenvalue weighted by Crippen LogP contribution is 2.30. The Morgan fingerprint density at radius 1 is 1.22 bits per heavy atom. The summed E-state index contributed by atoms with van der Waals surface area (Å²) < 4.78 is 10.5. The van der Waals surface area contributed by atoms with Gasteiger partial charge in [0.25, 0.3) is 0 Å². The molecule has 120 valence electrons. The molecule has 0 saturated heterocycles. The average Bonchev–Trinajstić information content (AvgIpc) is 2.54. The van der Waals surface area contributed by atoms with Crippen LogP contribution in [0, 0.1) is 0 Å². The van der Waals surface area contributed by atoms with E-state index < -0.39 is 0 Å². The van der Waals surface area contributed by atoms with Crippen molar-refractivity contribution in [1.29, 1.82) is 0 Å². The molecule has 1 amide bonds. The van der Waals surface area contributed by atoms with Crippen molar-refractivity contribution in [1.82, 2.24) is 4.98 Å². The molecule has 3 rings (SSSR count). The maximum atomic E-state index is 12.5. The van der Waals surface area contributed by atoms with Gasteiger partial charge in [0.1, 0.15) is 10.9 Å². The normalized spacial score (nSPS) is 13.9. The first kappa shape index (κ1) is 15.8. The minimum atomic E-state index is 0.0244. The lowest BCUT2D eigenvalue weighted by Crippen LogP contribution is -2.36. The van der Waals surface area contributed by atoms with Crippen molar-refractivity contribution in [3.63, 3.8) is 0 Å². The van der Waals surface area contributed by atoms with Gasteiger partial charge in [-0.3, -0.25) is 4.79 Å². The Bertz CT molecular complexity index is 749. The lowest BCUT2D eigenvalue weighted by atomic mass is 10.0. The first-order valence-electron chi connectivity index (χ1n) is 7.21. The van der Waals surface area contributed by atoms with Gasteiger partial charge in [-0.05, 0) is 34.9 Å². The molecular formula is C17H17ClN2O3. The molecule has 0 radical (unpaired) electrons. The fourth-order valence-corrected chi connectivity index (χ4v) is 2.90. The Morgan fingerprint density at radius 2 is 2.04 bits per heavy atom. The van der Waals surface area contributed by atoms with Crippen LogP contribution in [-0.4, -0.2) is 25.1 Å². The third kappa shape index (κ3) is 3.30. The number of rotatable bonds is 4. The van der Waals surface area contributed by atoms with Gasteiger partial charge >= 0.3 is 0 Å². The maximum absolute atomic E-state index is 12.5. The van der Waals surface area contributed by atoms with Crippen molar-refractivity contribution in [2.24, 2.45) is 0 Å². The number of halogens is 1. The number of amides is 1. The molecule has 0 N–H and O–H groups in total. The van der Waals surface area contributed by atoms with E-state index in [0.29, 0.717) is 30.5 Å². The molecule has 0 bridgehead atoms. The summed E-state index contributed by atoms with van der Waals surface area (Å²) in [6, 6.07) is 7.45. The van der Waals surface area contributed by atoms with E-state index in [1.807, 2.05) is 18.2 Å². The van der Waals surface area contributed by atoms with Gasteiger partial charge in [0.2, 0.25) is 5.91 Å². The summed E-state index contributed by atoms with van der Waals surface area (Å²) in [6.07, 6.45) is 2.04. The van der Waals surface area contributed by atoms with Gasteiger partial charge in [-0.15, -0.1) is 0 Å². The monoisotopic (exact) mass is 332 g/mol. The van der Waals surface area contributed by atoms with Crippen LogP contribution in [0.2, 0.25) is 5.15 Å². The number of nitrogens with zero attached hydrogens (tertiary/aromatic N) is 2. The highest BCUT2D eigenvalue weighted by Gasteiger charge is 2.25. The Hall–Kier alpha value is -2.11. The van der Waals surface area contributed by atoms with Crippen LogP contribution in [0.1, 0.15) is 16.7 Å². The number of carbonyl (C=O) groups is 1. The fraction of sp³-hybridized carbons (Fsp3) is 0.294. The molecule has 6 heteroatoms. The molecule has 0 fully saturated rings. The highest BCUT2D eigenvalue weighted by molar-refractivity contribution is 6.29. The van der Waals surface area contributed by atoms with Crippen LogP contribution >= 0.6 is 11.6 Å². The van der Waals surface area contributed by atoms with Gasteiger partial charge in [-0.25, -0.2) is 4.98 Å². The summed E-state index contributed by atoms with van der Waals surface area (Å²) in [5.74, 6) is 0.721. The van der Waals surface area contributed by atoms with Crippen molar-refractivity contribution < 1.29 is 14.3 Å². The van der Waals surface area contributed by atoms with Gasteiger partial charge in [0.05, 0.1) is 26.7 Å². The molecule has 1 aliphatic heterocycles. The van der Waals surface area contributed by atoms with Gasteiger partial charge in [0.15, 0.2) is 0 Å². The van der Waals surface area contributed by atoms with Crippen molar-refractivity contribution in [3.8, 4) is 5.75 Å². The van der Waals surface area contributed by atoms with E-state index in [1.165, 1.54) is 0 Å². The zero-order valence-electron chi connectivity index (χ0n) is 13.0. The molecule has 23 heavy (non-hydrogen) atoms. The van der Waals surface area contributed by atoms with Crippen LogP contribution in [0.5, 0.6) is 5.75 Å². The zero-order chi connectivity index (χ0) is 16.4. The molecule has 2 aromatic rings. The summed E-state index contributed by atoms with van der Waals surface area (Å²) in [7, 11) is 3.24. The van der Waals surface area contributed by atoms with E-state index >= 15 is 0 Å². The number of pyridine rings is 1. The number of carbonyl (C=O) groups excluding carboxylic acids is 1. The van der Waals surface area contributed by atoms with Crippen LogP contribution in [0.4, 0.5) is 5.69 Å². The van der Waals surface area contributed by atoms with Crippen LogP contribution in [0.25, 0.3) is 0 Å². The van der Waals surface area contributed by atoms with Crippen LogP contribution in [-0.2, 0) is 29.1 Å². The van der Waals surface area contributed by atoms with Crippen LogP contribution in [0.3, 0.4) is 0 Å². The Kier molecular flexibility index (Phi) is 4.50. The van der Waals surface area contributed by atoms with Crippen LogP contribution < -0.4 is 9.64 Å². The van der Waals surface area contributed by atoms with E-state index in [0.717, 1.165) is 22.4 Å². The second kappa shape index (κ2) is 6.56. The maximum Gasteiger partial charge on any atom is 0.231 e. The third-order valence-corrected chi connectivity index (χ3v) is 4.04. The van der Waals surface area contributed by atoms with Gasteiger partial charge in [-0.1, -0.05) is 11.6 Å². The van der Waals surface area contributed by atoms with Gasteiger partial charge in [0, 0.05) is 25.1 Å². The number of fused-ring (bicyclic) bond motifs is 1. The number of benzene rings is 1. The summed E-state index contributed by atoms with van der Waals surface area (Å²) in [4.78, 5) is 18.4. The number of aromatic nitrogens is 1. The highest BCUT2D eigenvalue weighted by atomic mass is 35.5.